The second kappa shape index (κ2) is 4.40. The Morgan fingerprint density at radius 2 is 1.72 bits per heavy atom. The number of hydrogen-bond donors (Lipinski definition) is 1. The average Bonchev–Trinajstić information content (AvgIpc) is 2.35. The number of esters is 1. The zero-order valence-electron chi connectivity index (χ0n) is 9.58. The van der Waals surface area contributed by atoms with Crippen LogP contribution in [0.3, 0.4) is 0 Å². The molecule has 18 heavy (non-hydrogen) atoms. The molecule has 94 valence electrons. The maximum atomic E-state index is 11.6. The number of carbonyl (C=O) groups is 1. The van der Waals surface area contributed by atoms with Gasteiger partial charge in [0.05, 0.1) is 17.6 Å². The minimum atomic E-state index is -3.83. The Bertz CT molecular complexity index is 722. The summed E-state index contributed by atoms with van der Waals surface area (Å²) < 4.78 is 27.6. The highest BCUT2D eigenvalue weighted by atomic mass is 32.2. The molecule has 0 aliphatic heterocycles. The molecule has 0 heterocycles. The fraction of sp³-hybridized carbons (Fsp3) is 0.0833. The highest BCUT2D eigenvalue weighted by molar-refractivity contribution is 7.89. The van der Waals surface area contributed by atoms with Gasteiger partial charge in [-0.1, -0.05) is 24.3 Å². The molecular weight excluding hydrogens is 254 g/mol. The van der Waals surface area contributed by atoms with Crippen LogP contribution >= 0.6 is 0 Å². The van der Waals surface area contributed by atoms with Crippen LogP contribution in [0.5, 0.6) is 0 Å². The molecule has 0 spiro atoms. The van der Waals surface area contributed by atoms with Crippen molar-refractivity contribution in [3.8, 4) is 0 Å². The molecule has 2 rings (SSSR count). The van der Waals surface area contributed by atoms with Crippen LogP contribution in [0.1, 0.15) is 10.4 Å². The second-order valence-electron chi connectivity index (χ2n) is 3.69. The molecule has 0 amide bonds. The maximum Gasteiger partial charge on any atom is 0.338 e. The lowest BCUT2D eigenvalue weighted by molar-refractivity contribution is 0.0603. The van der Waals surface area contributed by atoms with E-state index in [0.29, 0.717) is 16.3 Å². The number of primary sulfonamides is 1. The van der Waals surface area contributed by atoms with Crippen molar-refractivity contribution in [1.82, 2.24) is 0 Å². The van der Waals surface area contributed by atoms with E-state index in [9.17, 15) is 13.2 Å². The summed E-state index contributed by atoms with van der Waals surface area (Å²) in [5.74, 6) is -0.521. The number of ether oxygens (including phenoxy) is 1. The van der Waals surface area contributed by atoms with Gasteiger partial charge >= 0.3 is 5.97 Å². The standard InChI is InChI=1S/C12H11NO4S/c1-17-12(14)10-6-2-5-9-8(10)4-3-7-11(9)18(13,15)16/h2-7H,1H3,(H2,13,15,16). The summed E-state index contributed by atoms with van der Waals surface area (Å²) >= 11 is 0. The van der Waals surface area contributed by atoms with E-state index in [1.54, 1.807) is 24.3 Å². The van der Waals surface area contributed by atoms with Crippen molar-refractivity contribution in [1.29, 1.82) is 0 Å². The van der Waals surface area contributed by atoms with Crippen molar-refractivity contribution in [2.24, 2.45) is 5.14 Å². The van der Waals surface area contributed by atoms with Crippen molar-refractivity contribution >= 4 is 26.8 Å². The molecule has 2 aromatic rings. The van der Waals surface area contributed by atoms with Gasteiger partial charge in [0.1, 0.15) is 0 Å². The van der Waals surface area contributed by atoms with Gasteiger partial charge in [-0.3, -0.25) is 0 Å². The van der Waals surface area contributed by atoms with Crippen molar-refractivity contribution in [3.05, 3.63) is 42.0 Å². The van der Waals surface area contributed by atoms with Crippen LogP contribution in [-0.4, -0.2) is 21.5 Å². The van der Waals surface area contributed by atoms with E-state index in [1.807, 2.05) is 0 Å². The molecule has 6 heteroatoms. The molecule has 0 saturated heterocycles. The van der Waals surface area contributed by atoms with Crippen molar-refractivity contribution < 1.29 is 17.9 Å². The summed E-state index contributed by atoms with van der Waals surface area (Å²) in [6.45, 7) is 0. The first kappa shape index (κ1) is 12.5. The summed E-state index contributed by atoms with van der Waals surface area (Å²) in [6.07, 6.45) is 0. The van der Waals surface area contributed by atoms with Crippen molar-refractivity contribution in [3.63, 3.8) is 0 Å². The van der Waals surface area contributed by atoms with Gasteiger partial charge in [0.25, 0.3) is 0 Å². The highest BCUT2D eigenvalue weighted by Crippen LogP contribution is 2.25. The molecule has 0 radical (unpaired) electrons. The van der Waals surface area contributed by atoms with Gasteiger partial charge in [-0.15, -0.1) is 0 Å². The molecule has 0 aromatic heterocycles. The first-order valence-electron chi connectivity index (χ1n) is 5.08. The molecule has 0 bridgehead atoms. The number of benzene rings is 2. The first-order chi connectivity index (χ1) is 8.45. The quantitative estimate of drug-likeness (QED) is 0.828. The van der Waals surface area contributed by atoms with Gasteiger partial charge in [-0.2, -0.15) is 0 Å². The first-order valence-corrected chi connectivity index (χ1v) is 6.62. The van der Waals surface area contributed by atoms with Crippen molar-refractivity contribution in [2.75, 3.05) is 7.11 Å². The lowest BCUT2D eigenvalue weighted by Crippen LogP contribution is -2.13. The minimum Gasteiger partial charge on any atom is -0.465 e. The minimum absolute atomic E-state index is 0.00856. The van der Waals surface area contributed by atoms with Gasteiger partial charge in [0, 0.05) is 5.39 Å². The van der Waals surface area contributed by atoms with Gasteiger partial charge < -0.3 is 4.74 Å². The summed E-state index contributed by atoms with van der Waals surface area (Å²) in [6, 6.07) is 9.34. The average molecular weight is 265 g/mol. The predicted octanol–water partition coefficient (Wildman–Crippen LogP) is 1.27. The van der Waals surface area contributed by atoms with Crippen LogP contribution in [0.2, 0.25) is 0 Å². The third-order valence-electron chi connectivity index (χ3n) is 2.59. The fourth-order valence-electron chi connectivity index (χ4n) is 1.82. The fourth-order valence-corrected chi connectivity index (χ4v) is 2.57. The van der Waals surface area contributed by atoms with E-state index in [0.717, 1.165) is 0 Å². The van der Waals surface area contributed by atoms with Crippen LogP contribution in [0.4, 0.5) is 0 Å². The van der Waals surface area contributed by atoms with Gasteiger partial charge in [-0.05, 0) is 17.5 Å². The Balaban J connectivity index is 2.86. The Morgan fingerprint density at radius 3 is 2.33 bits per heavy atom. The van der Waals surface area contributed by atoms with Crippen LogP contribution in [0.15, 0.2) is 41.3 Å². The molecule has 2 N–H and O–H groups in total. The molecule has 0 fully saturated rings. The molecule has 2 aromatic carbocycles. The number of rotatable bonds is 2. The van der Waals surface area contributed by atoms with E-state index in [4.69, 9.17) is 5.14 Å². The predicted molar refractivity (Wildman–Crippen MR) is 66.7 cm³/mol. The lowest BCUT2D eigenvalue weighted by Gasteiger charge is -2.07. The van der Waals surface area contributed by atoms with E-state index < -0.39 is 16.0 Å². The largest absolute Gasteiger partial charge is 0.465 e. The molecule has 0 atom stereocenters. The van der Waals surface area contributed by atoms with E-state index in [1.165, 1.54) is 19.2 Å². The van der Waals surface area contributed by atoms with E-state index >= 15 is 0 Å². The van der Waals surface area contributed by atoms with Gasteiger partial charge in [-0.25, -0.2) is 18.4 Å². The number of methoxy groups -OCH3 is 1. The molecule has 0 saturated carbocycles. The Kier molecular flexibility index (Phi) is 3.06. The lowest BCUT2D eigenvalue weighted by atomic mass is 10.0. The number of sulfonamides is 1. The van der Waals surface area contributed by atoms with Crippen molar-refractivity contribution in [2.45, 2.75) is 4.90 Å². The molecular formula is C12H11NO4S. The number of hydrogen-bond acceptors (Lipinski definition) is 4. The normalized spacial score (nSPS) is 11.4. The zero-order chi connectivity index (χ0) is 13.3. The number of carbonyl (C=O) groups excluding carboxylic acids is 1. The third kappa shape index (κ3) is 2.07. The van der Waals surface area contributed by atoms with Crippen LogP contribution in [0.25, 0.3) is 10.8 Å². The third-order valence-corrected chi connectivity index (χ3v) is 3.56. The van der Waals surface area contributed by atoms with Crippen LogP contribution in [-0.2, 0) is 14.8 Å². The topological polar surface area (TPSA) is 86.5 Å². The Hall–Kier alpha value is -1.92. The smallest absolute Gasteiger partial charge is 0.338 e. The van der Waals surface area contributed by atoms with Gasteiger partial charge in [0.15, 0.2) is 0 Å². The summed E-state index contributed by atoms with van der Waals surface area (Å²) in [5, 5.41) is 6.04. The number of nitrogens with two attached hydrogens (primary N) is 1. The van der Waals surface area contributed by atoms with E-state index in [-0.39, 0.29) is 4.90 Å². The van der Waals surface area contributed by atoms with Gasteiger partial charge in [0.2, 0.25) is 10.0 Å². The van der Waals surface area contributed by atoms with Crippen LogP contribution < -0.4 is 5.14 Å². The molecule has 0 aliphatic carbocycles. The molecule has 0 aliphatic rings. The Labute approximate surface area is 104 Å². The SMILES string of the molecule is COC(=O)c1cccc2c(S(N)(=O)=O)cccc12. The van der Waals surface area contributed by atoms with Crippen LogP contribution in [0, 0.1) is 0 Å². The number of fused-ring (bicyclic) bond motifs is 1. The maximum absolute atomic E-state index is 11.6. The molecule has 0 unspecified atom stereocenters. The highest BCUT2D eigenvalue weighted by Gasteiger charge is 2.16. The van der Waals surface area contributed by atoms with E-state index in [2.05, 4.69) is 4.74 Å². The molecule has 5 nitrogen and oxygen atoms in total. The monoisotopic (exact) mass is 265 g/mol. The summed E-state index contributed by atoms with van der Waals surface area (Å²) in [5.41, 5.74) is 0.306. The summed E-state index contributed by atoms with van der Waals surface area (Å²) in [7, 11) is -2.56. The zero-order valence-corrected chi connectivity index (χ0v) is 10.4. The Morgan fingerprint density at radius 1 is 1.11 bits per heavy atom. The second-order valence-corrected chi connectivity index (χ2v) is 5.22. The summed E-state index contributed by atoms with van der Waals surface area (Å²) in [4.78, 5) is 11.6.